The summed E-state index contributed by atoms with van der Waals surface area (Å²) in [5, 5.41) is 13.8. The third-order valence-corrected chi connectivity index (χ3v) is 7.34. The molecule has 0 radical (unpaired) electrons. The van der Waals surface area contributed by atoms with Crippen LogP contribution in [-0.4, -0.2) is 63.0 Å². The molecule has 0 bridgehead atoms. The number of ether oxygens (including phenoxy) is 1. The van der Waals surface area contributed by atoms with Gasteiger partial charge in [-0.25, -0.2) is 0 Å². The van der Waals surface area contributed by atoms with E-state index in [-0.39, 0.29) is 17.4 Å². The SMILES string of the molecule is CC[NH+](CC)CCCN1C(=O)C(=O)/C(=C(/[O-])c2ccc3c(c2)CC(C)O3)C1c1ccc(N(C)C)cc1. The molecule has 1 fully saturated rings. The molecule has 0 aliphatic carbocycles. The number of quaternary nitrogens is 1. The fraction of sp³-hybridized carbons (Fsp3) is 0.448. The second-order valence-electron chi connectivity index (χ2n) is 9.97. The minimum absolute atomic E-state index is 0.0414. The molecule has 2 heterocycles. The van der Waals surface area contributed by atoms with Crippen LogP contribution in [0.1, 0.15) is 49.9 Å². The lowest BCUT2D eigenvalue weighted by atomic mass is 9.94. The number of fused-ring (bicyclic) bond motifs is 1. The van der Waals surface area contributed by atoms with Crippen LogP contribution in [0.5, 0.6) is 5.75 Å². The first-order chi connectivity index (χ1) is 17.2. The van der Waals surface area contributed by atoms with Crippen LogP contribution >= 0.6 is 0 Å². The van der Waals surface area contributed by atoms with Crippen LogP contribution in [0.2, 0.25) is 0 Å². The van der Waals surface area contributed by atoms with Crippen molar-refractivity contribution in [2.75, 3.05) is 45.2 Å². The summed E-state index contributed by atoms with van der Waals surface area (Å²) in [4.78, 5) is 31.5. The van der Waals surface area contributed by atoms with Gasteiger partial charge >= 0.3 is 0 Å². The molecule has 192 valence electrons. The Morgan fingerprint density at radius 1 is 1.11 bits per heavy atom. The second kappa shape index (κ2) is 10.7. The summed E-state index contributed by atoms with van der Waals surface area (Å²) < 4.78 is 5.77. The summed E-state index contributed by atoms with van der Waals surface area (Å²) in [5.41, 5.74) is 3.20. The molecule has 0 saturated carbocycles. The van der Waals surface area contributed by atoms with Crippen LogP contribution < -0.4 is 19.6 Å². The Labute approximate surface area is 214 Å². The number of carbonyl (C=O) groups excluding carboxylic acids is 2. The monoisotopic (exact) mass is 491 g/mol. The van der Waals surface area contributed by atoms with E-state index in [1.807, 2.05) is 56.3 Å². The van der Waals surface area contributed by atoms with E-state index in [0.29, 0.717) is 18.5 Å². The molecule has 1 N–H and O–H groups in total. The average molecular weight is 492 g/mol. The lowest BCUT2D eigenvalue weighted by Crippen LogP contribution is -3.11. The van der Waals surface area contributed by atoms with Crippen molar-refractivity contribution >= 4 is 23.1 Å². The maximum Gasteiger partial charge on any atom is 0.295 e. The molecule has 36 heavy (non-hydrogen) atoms. The number of likely N-dealkylation sites (tertiary alicyclic amines) is 1. The summed E-state index contributed by atoms with van der Waals surface area (Å²) in [5.74, 6) is -0.891. The number of hydrogen-bond acceptors (Lipinski definition) is 5. The Morgan fingerprint density at radius 2 is 1.81 bits per heavy atom. The van der Waals surface area contributed by atoms with E-state index in [9.17, 15) is 14.7 Å². The van der Waals surface area contributed by atoms with E-state index >= 15 is 0 Å². The van der Waals surface area contributed by atoms with Gasteiger partial charge in [0.25, 0.3) is 5.91 Å². The number of ketones is 1. The number of rotatable bonds is 9. The molecular weight excluding hydrogens is 454 g/mol. The fourth-order valence-corrected chi connectivity index (χ4v) is 5.22. The normalized spacial score (nSPS) is 20.7. The van der Waals surface area contributed by atoms with Gasteiger partial charge in [0.1, 0.15) is 11.9 Å². The summed E-state index contributed by atoms with van der Waals surface area (Å²) >= 11 is 0. The Morgan fingerprint density at radius 3 is 2.44 bits per heavy atom. The van der Waals surface area contributed by atoms with Gasteiger partial charge in [0.05, 0.1) is 25.7 Å². The summed E-state index contributed by atoms with van der Waals surface area (Å²) in [6.45, 7) is 9.63. The number of benzene rings is 2. The van der Waals surface area contributed by atoms with E-state index in [0.717, 1.165) is 48.6 Å². The van der Waals surface area contributed by atoms with Crippen molar-refractivity contribution in [2.45, 2.75) is 45.8 Å². The topological polar surface area (TPSA) is 77.3 Å². The third kappa shape index (κ3) is 4.98. The summed E-state index contributed by atoms with van der Waals surface area (Å²) in [6.07, 6.45) is 1.53. The highest BCUT2D eigenvalue weighted by atomic mass is 16.5. The number of amides is 1. The zero-order valence-electron chi connectivity index (χ0n) is 22.0. The first kappa shape index (κ1) is 25.8. The van der Waals surface area contributed by atoms with Crippen molar-refractivity contribution in [3.05, 3.63) is 64.7 Å². The van der Waals surface area contributed by atoms with Gasteiger partial charge in [-0.1, -0.05) is 24.0 Å². The predicted octanol–water partition coefficient (Wildman–Crippen LogP) is 1.61. The zero-order valence-corrected chi connectivity index (χ0v) is 22.0. The number of nitrogens with zero attached hydrogens (tertiary/aromatic N) is 2. The van der Waals surface area contributed by atoms with Gasteiger partial charge in [-0.15, -0.1) is 0 Å². The minimum Gasteiger partial charge on any atom is -0.872 e. The van der Waals surface area contributed by atoms with Gasteiger partial charge < -0.3 is 24.5 Å². The van der Waals surface area contributed by atoms with Gasteiger partial charge in [0.15, 0.2) is 0 Å². The molecule has 2 unspecified atom stereocenters. The highest BCUT2D eigenvalue weighted by Gasteiger charge is 2.44. The third-order valence-electron chi connectivity index (χ3n) is 7.34. The van der Waals surface area contributed by atoms with E-state index in [1.165, 1.54) is 4.90 Å². The molecule has 7 heteroatoms. The zero-order chi connectivity index (χ0) is 26.0. The van der Waals surface area contributed by atoms with E-state index < -0.39 is 17.7 Å². The number of hydrogen-bond donors (Lipinski definition) is 1. The van der Waals surface area contributed by atoms with Crippen LogP contribution in [0, 0.1) is 0 Å². The number of nitrogens with one attached hydrogen (secondary N) is 1. The van der Waals surface area contributed by atoms with Crippen molar-refractivity contribution in [1.29, 1.82) is 0 Å². The second-order valence-corrected chi connectivity index (χ2v) is 9.97. The Hall–Kier alpha value is -3.32. The molecule has 0 aromatic heterocycles. The van der Waals surface area contributed by atoms with Gasteiger partial charge in [0, 0.05) is 44.7 Å². The molecule has 2 aromatic rings. The molecule has 2 aliphatic rings. The van der Waals surface area contributed by atoms with Crippen molar-refractivity contribution in [3.63, 3.8) is 0 Å². The molecule has 1 saturated heterocycles. The maximum atomic E-state index is 13.8. The largest absolute Gasteiger partial charge is 0.872 e. The van der Waals surface area contributed by atoms with Crippen molar-refractivity contribution < 1.29 is 24.3 Å². The highest BCUT2D eigenvalue weighted by molar-refractivity contribution is 6.46. The molecule has 7 nitrogen and oxygen atoms in total. The fourth-order valence-electron chi connectivity index (χ4n) is 5.22. The molecule has 4 rings (SSSR count). The van der Waals surface area contributed by atoms with E-state index in [4.69, 9.17) is 4.74 Å². The van der Waals surface area contributed by atoms with Gasteiger partial charge in [0.2, 0.25) is 5.78 Å². The maximum absolute atomic E-state index is 13.8. The van der Waals surface area contributed by atoms with Crippen LogP contribution in [0.25, 0.3) is 5.76 Å². The Kier molecular flexibility index (Phi) is 7.69. The van der Waals surface area contributed by atoms with Gasteiger partial charge in [-0.3, -0.25) is 9.59 Å². The summed E-state index contributed by atoms with van der Waals surface area (Å²) in [6, 6.07) is 12.4. The quantitative estimate of drug-likeness (QED) is 0.328. The molecule has 2 atom stereocenters. The molecule has 2 aliphatic heterocycles. The van der Waals surface area contributed by atoms with Crippen molar-refractivity contribution in [1.82, 2.24) is 4.90 Å². The molecule has 0 spiro atoms. The molecular formula is C29H37N3O4. The lowest BCUT2D eigenvalue weighted by Gasteiger charge is -2.28. The standard InChI is InChI=1S/C29H37N3O4/c1-6-31(7-2)15-8-16-32-26(20-9-12-23(13-10-20)30(4)5)25(28(34)29(32)35)27(33)21-11-14-24-22(18-21)17-19(3)36-24/h9-14,18-19,26,33H,6-8,15-17H2,1-5H3/b27-25+. The molecule has 1 amide bonds. The first-order valence-electron chi connectivity index (χ1n) is 12.9. The highest BCUT2D eigenvalue weighted by Crippen LogP contribution is 2.40. The number of Topliss-reactive ketones (excluding diaryl/α,β-unsaturated/α-hetero) is 1. The molecule has 2 aromatic carbocycles. The van der Waals surface area contributed by atoms with Crippen LogP contribution in [0.3, 0.4) is 0 Å². The number of anilines is 1. The average Bonchev–Trinajstić information content (AvgIpc) is 3.37. The van der Waals surface area contributed by atoms with Crippen molar-refractivity contribution in [2.24, 2.45) is 0 Å². The Balaban J connectivity index is 1.73. The van der Waals surface area contributed by atoms with Crippen LogP contribution in [0.15, 0.2) is 48.0 Å². The predicted molar refractivity (Wildman–Crippen MR) is 139 cm³/mol. The number of carbonyl (C=O) groups is 2. The van der Waals surface area contributed by atoms with Crippen LogP contribution in [-0.2, 0) is 16.0 Å². The minimum atomic E-state index is -0.693. The van der Waals surface area contributed by atoms with Crippen molar-refractivity contribution in [3.8, 4) is 5.75 Å². The van der Waals surface area contributed by atoms with Gasteiger partial charge in [-0.05, 0) is 61.7 Å². The van der Waals surface area contributed by atoms with E-state index in [2.05, 4.69) is 13.8 Å². The summed E-state index contributed by atoms with van der Waals surface area (Å²) in [7, 11) is 3.91. The first-order valence-corrected chi connectivity index (χ1v) is 12.9. The van der Waals surface area contributed by atoms with Gasteiger partial charge in [-0.2, -0.15) is 0 Å². The smallest absolute Gasteiger partial charge is 0.295 e. The lowest BCUT2D eigenvalue weighted by molar-refractivity contribution is -0.896. The van der Waals surface area contributed by atoms with Crippen LogP contribution in [0.4, 0.5) is 5.69 Å². The Bertz CT molecular complexity index is 1150. The van der Waals surface area contributed by atoms with E-state index in [1.54, 1.807) is 17.0 Å².